The molecule has 3 heterocycles. The summed E-state index contributed by atoms with van der Waals surface area (Å²) < 4.78 is 12.9. The van der Waals surface area contributed by atoms with Crippen molar-refractivity contribution in [1.29, 1.82) is 0 Å². The van der Waals surface area contributed by atoms with Gasteiger partial charge in [-0.25, -0.2) is 4.79 Å². The Morgan fingerprint density at radius 3 is 2.92 bits per heavy atom. The van der Waals surface area contributed by atoms with E-state index in [-0.39, 0.29) is 21.7 Å². The number of likely N-dealkylation sites (tertiary alicyclic amines) is 1. The first kappa shape index (κ1) is 18.7. The van der Waals surface area contributed by atoms with Gasteiger partial charge in [-0.1, -0.05) is 34.2 Å². The molecule has 7 heteroatoms. The minimum absolute atomic E-state index is 0.0287. The van der Waals surface area contributed by atoms with E-state index in [1.807, 2.05) is 25.7 Å². The summed E-state index contributed by atoms with van der Waals surface area (Å²) >= 11 is 10.3. The van der Waals surface area contributed by atoms with Crippen LogP contribution in [0.4, 0.5) is 4.79 Å². The lowest BCUT2D eigenvalue weighted by Gasteiger charge is -2.50. The maximum Gasteiger partial charge on any atom is 0.410 e. The lowest BCUT2D eigenvalue weighted by Crippen LogP contribution is -2.60. The summed E-state index contributed by atoms with van der Waals surface area (Å²) in [6.45, 7) is 9.10. The van der Waals surface area contributed by atoms with Crippen LogP contribution < -0.4 is 0 Å². The number of piperidine rings is 1. The first-order valence-corrected chi connectivity index (χ1v) is 10.6. The number of carbonyl (C=O) groups is 1. The van der Waals surface area contributed by atoms with Crippen LogP contribution in [-0.2, 0) is 21.5 Å². The van der Waals surface area contributed by atoms with Crippen LogP contribution in [0.25, 0.3) is 0 Å². The molecule has 1 saturated heterocycles. The van der Waals surface area contributed by atoms with Crippen molar-refractivity contribution in [3.63, 3.8) is 0 Å². The quantitative estimate of drug-likeness (QED) is 0.385. The monoisotopic (exact) mass is 483 g/mol. The smallest absolute Gasteiger partial charge is 0.410 e. The number of hydrogen-bond acceptors (Lipinski definition) is 4. The molecular weight excluding hydrogens is 461 g/mol. The van der Waals surface area contributed by atoms with Crippen molar-refractivity contribution < 1.29 is 14.3 Å². The number of alkyl halides is 1. The normalized spacial score (nSPS) is 30.3. The number of hydrogen-bond donors (Lipinski definition) is 0. The van der Waals surface area contributed by atoms with Gasteiger partial charge in [0.15, 0.2) is 0 Å². The van der Waals surface area contributed by atoms with E-state index < -0.39 is 5.60 Å². The third kappa shape index (κ3) is 3.31. The summed E-state index contributed by atoms with van der Waals surface area (Å²) in [5, 5.41) is 0. The maximum atomic E-state index is 12.5. The Morgan fingerprint density at radius 2 is 2.25 bits per heavy atom. The highest BCUT2D eigenvalue weighted by Gasteiger charge is 2.52. The zero-order valence-electron chi connectivity index (χ0n) is 14.4. The average Bonchev–Trinajstić information content (AvgIpc) is 2.84. The van der Waals surface area contributed by atoms with E-state index in [9.17, 15) is 4.79 Å². The zero-order valence-corrected chi connectivity index (χ0v) is 18.1. The van der Waals surface area contributed by atoms with Gasteiger partial charge in [0.25, 0.3) is 0 Å². The molecule has 0 bridgehead atoms. The molecule has 134 valence electrons. The fraction of sp³-hybridized carbons (Fsp3) is 0.706. The summed E-state index contributed by atoms with van der Waals surface area (Å²) in [5.74, 6) is 0. The van der Waals surface area contributed by atoms with Gasteiger partial charge < -0.3 is 14.4 Å². The standard InChI is InChI=1S/C17H23ClINO3S/c1-10-13(19)17(6-7-20(10)15(21)23-16(2,3)4)14-11(5-8-22-17)9-12(18)24-14/h9-10,13H,5-8H2,1-4H3/t10-,13?,17-/m0/s1. The second-order valence-electron chi connectivity index (χ2n) is 7.46. The van der Waals surface area contributed by atoms with Gasteiger partial charge in [-0.15, -0.1) is 11.3 Å². The second-order valence-corrected chi connectivity index (χ2v) is 10.5. The summed E-state index contributed by atoms with van der Waals surface area (Å²) in [6, 6.07) is 2.10. The van der Waals surface area contributed by atoms with Crippen molar-refractivity contribution in [2.45, 2.75) is 61.7 Å². The average molecular weight is 484 g/mol. The Balaban J connectivity index is 1.86. The van der Waals surface area contributed by atoms with Gasteiger partial charge in [-0.05, 0) is 45.7 Å². The van der Waals surface area contributed by atoms with Gasteiger partial charge in [0.1, 0.15) is 11.2 Å². The van der Waals surface area contributed by atoms with E-state index in [2.05, 4.69) is 35.6 Å². The minimum Gasteiger partial charge on any atom is -0.444 e. The number of carbonyl (C=O) groups excluding carboxylic acids is 1. The number of amides is 1. The van der Waals surface area contributed by atoms with Crippen LogP contribution in [-0.4, -0.2) is 39.7 Å². The minimum atomic E-state index is -0.484. The number of halogens is 2. The lowest BCUT2D eigenvalue weighted by atomic mass is 9.82. The van der Waals surface area contributed by atoms with E-state index >= 15 is 0 Å². The highest BCUT2D eigenvalue weighted by Crippen LogP contribution is 2.50. The molecule has 1 aromatic rings. The molecule has 1 amide bonds. The molecule has 2 aliphatic heterocycles. The second kappa shape index (κ2) is 6.59. The van der Waals surface area contributed by atoms with Crippen molar-refractivity contribution in [3.05, 3.63) is 20.8 Å². The molecule has 1 spiro atoms. The predicted molar refractivity (Wildman–Crippen MR) is 105 cm³/mol. The summed E-state index contributed by atoms with van der Waals surface area (Å²) in [5.41, 5.74) is 0.475. The van der Waals surface area contributed by atoms with Crippen molar-refractivity contribution in [2.75, 3.05) is 13.2 Å². The predicted octanol–water partition coefficient (Wildman–Crippen LogP) is 5.00. The van der Waals surface area contributed by atoms with Crippen molar-refractivity contribution >= 4 is 51.6 Å². The topological polar surface area (TPSA) is 38.8 Å². The molecule has 0 aromatic carbocycles. The molecule has 1 fully saturated rings. The zero-order chi connectivity index (χ0) is 17.7. The Hall–Kier alpha value is -0.0500. The number of nitrogens with zero attached hydrogens (tertiary/aromatic N) is 1. The fourth-order valence-electron chi connectivity index (χ4n) is 3.49. The van der Waals surface area contributed by atoms with Crippen molar-refractivity contribution in [1.82, 2.24) is 4.90 Å². The van der Waals surface area contributed by atoms with E-state index in [4.69, 9.17) is 21.1 Å². The Morgan fingerprint density at radius 1 is 1.54 bits per heavy atom. The van der Waals surface area contributed by atoms with Crippen LogP contribution in [0.1, 0.15) is 44.6 Å². The molecule has 3 atom stereocenters. The van der Waals surface area contributed by atoms with Crippen LogP contribution in [0.3, 0.4) is 0 Å². The van der Waals surface area contributed by atoms with Crippen LogP contribution in [0.2, 0.25) is 4.34 Å². The van der Waals surface area contributed by atoms with Crippen LogP contribution >= 0.6 is 45.5 Å². The third-order valence-corrected chi connectivity index (χ3v) is 8.12. The van der Waals surface area contributed by atoms with Crippen molar-refractivity contribution in [2.24, 2.45) is 0 Å². The van der Waals surface area contributed by atoms with Crippen molar-refractivity contribution in [3.8, 4) is 0 Å². The highest BCUT2D eigenvalue weighted by molar-refractivity contribution is 14.1. The SMILES string of the molecule is C[C@H]1C(I)[C@]2(CCN1C(=O)OC(C)(C)C)OCCc1cc(Cl)sc12. The lowest BCUT2D eigenvalue weighted by molar-refractivity contribution is -0.0984. The summed E-state index contributed by atoms with van der Waals surface area (Å²) in [7, 11) is 0. The van der Waals surface area contributed by atoms with E-state index in [0.29, 0.717) is 13.2 Å². The molecule has 4 nitrogen and oxygen atoms in total. The molecule has 1 aromatic heterocycles. The molecule has 0 saturated carbocycles. The van der Waals surface area contributed by atoms with Gasteiger partial charge >= 0.3 is 6.09 Å². The van der Waals surface area contributed by atoms with Crippen LogP contribution in [0, 0.1) is 0 Å². The maximum absolute atomic E-state index is 12.5. The van der Waals surface area contributed by atoms with E-state index in [1.165, 1.54) is 10.4 Å². The highest BCUT2D eigenvalue weighted by atomic mass is 127. The Labute approximate surface area is 166 Å². The Kier molecular flexibility index (Phi) is 5.15. The summed E-state index contributed by atoms with van der Waals surface area (Å²) in [4.78, 5) is 15.6. The number of fused-ring (bicyclic) bond motifs is 2. The van der Waals surface area contributed by atoms with Gasteiger partial charge in [-0.3, -0.25) is 0 Å². The molecule has 2 aliphatic rings. The van der Waals surface area contributed by atoms with Crippen LogP contribution in [0.5, 0.6) is 0 Å². The molecular formula is C17H23ClINO3S. The van der Waals surface area contributed by atoms with Gasteiger partial charge in [0.2, 0.25) is 0 Å². The molecule has 0 aliphatic carbocycles. The first-order valence-electron chi connectivity index (χ1n) is 8.20. The summed E-state index contributed by atoms with van der Waals surface area (Å²) in [6.07, 6.45) is 1.44. The first-order chi connectivity index (χ1) is 11.1. The molecule has 1 unspecified atom stereocenters. The van der Waals surface area contributed by atoms with Crippen LogP contribution in [0.15, 0.2) is 6.07 Å². The van der Waals surface area contributed by atoms with E-state index in [0.717, 1.165) is 17.2 Å². The molecule has 0 radical (unpaired) electrons. The Bertz CT molecular complexity index is 644. The number of ether oxygens (including phenoxy) is 2. The molecule has 24 heavy (non-hydrogen) atoms. The molecule has 3 rings (SSSR count). The van der Waals surface area contributed by atoms with Gasteiger partial charge in [-0.2, -0.15) is 0 Å². The number of rotatable bonds is 0. The van der Waals surface area contributed by atoms with Gasteiger partial charge in [0.05, 0.1) is 14.9 Å². The molecule has 0 N–H and O–H groups in total. The van der Waals surface area contributed by atoms with Gasteiger partial charge in [0, 0.05) is 23.9 Å². The largest absolute Gasteiger partial charge is 0.444 e. The number of thiophene rings is 1. The van der Waals surface area contributed by atoms with E-state index in [1.54, 1.807) is 11.3 Å². The third-order valence-electron chi connectivity index (χ3n) is 4.61. The fourth-order valence-corrected chi connectivity index (χ4v) is 6.41.